The quantitative estimate of drug-likeness (QED) is 0.0524. The minimum atomic E-state index is -4.14. The predicted molar refractivity (Wildman–Crippen MR) is 107 cm³/mol. The lowest BCUT2D eigenvalue weighted by Gasteiger charge is -2.39. The van der Waals surface area contributed by atoms with Crippen molar-refractivity contribution in [3.8, 4) is 0 Å². The van der Waals surface area contributed by atoms with E-state index in [1.54, 1.807) is 4.72 Å². The summed E-state index contributed by atoms with van der Waals surface area (Å²) >= 11 is 0. The summed E-state index contributed by atoms with van der Waals surface area (Å²) in [5.41, 5.74) is 8.06. The fourth-order valence-electron chi connectivity index (χ4n) is 2.40. The maximum atomic E-state index is 11.6. The van der Waals surface area contributed by atoms with E-state index in [0.29, 0.717) is 0 Å². The first-order chi connectivity index (χ1) is 15.7. The number of azide groups is 1. The third-order valence-electron chi connectivity index (χ3n) is 3.97. The lowest BCUT2D eigenvalue weighted by atomic mass is 9.99. The maximum Gasteiger partial charge on any atom is 0.421 e. The number of aliphatic hydroxyl groups excluding tert-OH is 4. The molecule has 17 nitrogen and oxygen atoms in total. The minimum absolute atomic E-state index is 0.0163. The van der Waals surface area contributed by atoms with Crippen LogP contribution in [0.25, 0.3) is 10.4 Å². The number of nitrogens with one attached hydrogen (secondary N) is 2. The molecule has 0 radical (unpaired) electrons. The van der Waals surface area contributed by atoms with Crippen molar-refractivity contribution in [2.45, 2.75) is 30.7 Å². The molecule has 0 aromatic carbocycles. The van der Waals surface area contributed by atoms with Gasteiger partial charge in [0.25, 0.3) is 0 Å². The molecule has 1 aliphatic heterocycles. The Morgan fingerprint density at radius 1 is 1.03 bits per heavy atom. The Hall–Kier alpha value is -1.83. The van der Waals surface area contributed by atoms with Crippen LogP contribution in [0.4, 0.5) is 4.79 Å². The van der Waals surface area contributed by atoms with Crippen LogP contribution < -0.4 is 9.44 Å². The van der Waals surface area contributed by atoms with Crippen LogP contribution in [-0.2, 0) is 33.9 Å². The van der Waals surface area contributed by atoms with Gasteiger partial charge in [-0.15, -0.1) is 0 Å². The average Bonchev–Trinajstić information content (AvgIpc) is 2.77. The van der Waals surface area contributed by atoms with Crippen molar-refractivity contribution in [2.24, 2.45) is 5.11 Å². The van der Waals surface area contributed by atoms with E-state index in [2.05, 4.69) is 19.5 Å². The van der Waals surface area contributed by atoms with Crippen molar-refractivity contribution in [3.05, 3.63) is 10.4 Å². The Balaban J connectivity index is 2.05. The summed E-state index contributed by atoms with van der Waals surface area (Å²) in [5.74, 6) is 0. The average molecular weight is 503 g/mol. The fraction of sp³-hybridized carbons (Fsp3) is 0.933. The molecule has 0 aromatic heterocycles. The SMILES string of the molecule is [N-]=[N+]=NCCOC(=O)NS(=O)(=O)NCCOCCOCCO[C@@H]1O[C@H](CO)[C@@H](O)[C@H](O)[C@H]1O. The Morgan fingerprint density at radius 3 is 2.36 bits per heavy atom. The van der Waals surface area contributed by atoms with E-state index >= 15 is 0 Å². The summed E-state index contributed by atoms with van der Waals surface area (Å²) in [6.07, 6.45) is -8.03. The first-order valence-electron chi connectivity index (χ1n) is 9.74. The lowest BCUT2D eigenvalue weighted by Crippen LogP contribution is -2.59. The highest BCUT2D eigenvalue weighted by molar-refractivity contribution is 7.88. The van der Waals surface area contributed by atoms with Gasteiger partial charge in [0.05, 0.1) is 52.8 Å². The van der Waals surface area contributed by atoms with Gasteiger partial charge in [-0.25, -0.2) is 9.52 Å². The zero-order valence-electron chi connectivity index (χ0n) is 17.6. The number of aliphatic hydroxyl groups is 4. The number of nitrogens with zero attached hydrogens (tertiary/aromatic N) is 3. The topological polar surface area (TPSA) is 251 Å². The van der Waals surface area contributed by atoms with E-state index in [1.807, 2.05) is 0 Å². The molecule has 0 aliphatic carbocycles. The van der Waals surface area contributed by atoms with Crippen molar-refractivity contribution in [1.82, 2.24) is 9.44 Å². The first-order valence-corrected chi connectivity index (χ1v) is 11.2. The zero-order valence-corrected chi connectivity index (χ0v) is 18.4. The molecule has 192 valence electrons. The molecule has 6 N–H and O–H groups in total. The third-order valence-corrected chi connectivity index (χ3v) is 4.99. The molecule has 0 aromatic rings. The second-order valence-corrected chi connectivity index (χ2v) is 7.88. The molecule has 1 heterocycles. The summed E-state index contributed by atoms with van der Waals surface area (Å²) in [6.45, 7) is -0.802. The Bertz CT molecular complexity index is 720. The molecule has 18 heteroatoms. The van der Waals surface area contributed by atoms with Gasteiger partial charge in [-0.1, -0.05) is 5.11 Å². The van der Waals surface area contributed by atoms with Gasteiger partial charge in [0.1, 0.15) is 24.4 Å². The maximum absolute atomic E-state index is 11.6. The highest BCUT2D eigenvalue weighted by Gasteiger charge is 2.43. The van der Waals surface area contributed by atoms with E-state index in [9.17, 15) is 28.5 Å². The van der Waals surface area contributed by atoms with Crippen molar-refractivity contribution in [2.75, 3.05) is 59.3 Å². The van der Waals surface area contributed by atoms with Gasteiger partial charge in [0, 0.05) is 11.5 Å². The molecule has 0 bridgehead atoms. The lowest BCUT2D eigenvalue weighted by molar-refractivity contribution is -0.302. The van der Waals surface area contributed by atoms with Crippen molar-refractivity contribution >= 4 is 16.3 Å². The summed E-state index contributed by atoms with van der Waals surface area (Å²) < 4.78 is 52.1. The standard InChI is InChI=1S/C15H29N5O12S/c16-20-17-1-4-31-15(25)19-33(26,27)18-2-3-28-5-6-29-7-8-30-14-13(24)12(23)11(22)10(9-21)32-14/h10-14,18,21-24H,1-9H2,(H,19,25)/t10-,11-,12+,13-,14-/m1/s1. The minimum Gasteiger partial charge on any atom is -0.449 e. The molecule has 5 atom stereocenters. The number of rotatable bonds is 16. The Labute approximate surface area is 189 Å². The zero-order chi connectivity index (χ0) is 24.7. The molecule has 1 aliphatic rings. The first kappa shape index (κ1) is 29.2. The van der Waals surface area contributed by atoms with Gasteiger partial charge in [0.2, 0.25) is 0 Å². The fourth-order valence-corrected chi connectivity index (χ4v) is 3.10. The van der Waals surface area contributed by atoms with Crippen LogP contribution >= 0.6 is 0 Å². The molecule has 1 rings (SSSR count). The van der Waals surface area contributed by atoms with Gasteiger partial charge >= 0.3 is 16.3 Å². The van der Waals surface area contributed by atoms with Crippen molar-refractivity contribution < 1.29 is 57.3 Å². The molecule has 0 spiro atoms. The normalized spacial score (nSPS) is 25.3. The third kappa shape index (κ3) is 11.7. The van der Waals surface area contributed by atoms with Gasteiger partial charge in [-0.05, 0) is 5.53 Å². The van der Waals surface area contributed by atoms with Crippen LogP contribution in [0, 0.1) is 0 Å². The number of amides is 1. The molecule has 0 unspecified atom stereocenters. The predicted octanol–water partition coefficient (Wildman–Crippen LogP) is -3.29. The monoisotopic (exact) mass is 503 g/mol. The van der Waals surface area contributed by atoms with E-state index < -0.39 is 53.6 Å². The van der Waals surface area contributed by atoms with Crippen LogP contribution in [-0.4, -0.2) is 125 Å². The molecule has 1 fully saturated rings. The second-order valence-electron chi connectivity index (χ2n) is 6.38. The van der Waals surface area contributed by atoms with E-state index in [4.69, 9.17) is 29.6 Å². The number of ether oxygens (including phenoxy) is 5. The van der Waals surface area contributed by atoms with Gasteiger partial charge in [0.15, 0.2) is 6.29 Å². The van der Waals surface area contributed by atoms with Gasteiger partial charge in [-0.2, -0.15) is 13.1 Å². The molecule has 0 saturated carbocycles. The largest absolute Gasteiger partial charge is 0.449 e. The number of hydrogen-bond donors (Lipinski definition) is 6. The summed E-state index contributed by atoms with van der Waals surface area (Å²) in [5, 5.41) is 41.3. The van der Waals surface area contributed by atoms with Crippen LogP contribution in [0.1, 0.15) is 0 Å². The summed E-state index contributed by atoms with van der Waals surface area (Å²) in [6, 6.07) is 0. The van der Waals surface area contributed by atoms with Crippen LogP contribution in [0.15, 0.2) is 5.11 Å². The second kappa shape index (κ2) is 15.9. The molecule has 1 amide bonds. The van der Waals surface area contributed by atoms with E-state index in [-0.39, 0.29) is 52.7 Å². The van der Waals surface area contributed by atoms with Crippen molar-refractivity contribution in [1.29, 1.82) is 0 Å². The Morgan fingerprint density at radius 2 is 1.70 bits per heavy atom. The summed E-state index contributed by atoms with van der Waals surface area (Å²) in [7, 11) is -4.14. The highest BCUT2D eigenvalue weighted by Crippen LogP contribution is 2.21. The van der Waals surface area contributed by atoms with Gasteiger partial charge in [-0.3, -0.25) is 0 Å². The molecular formula is C15H29N5O12S. The smallest absolute Gasteiger partial charge is 0.421 e. The van der Waals surface area contributed by atoms with Crippen LogP contribution in [0.3, 0.4) is 0 Å². The van der Waals surface area contributed by atoms with Gasteiger partial charge < -0.3 is 44.1 Å². The number of carbonyl (C=O) groups is 1. The number of hydrogen-bond acceptors (Lipinski definition) is 13. The molecule has 1 saturated heterocycles. The Kier molecular flexibility index (Phi) is 14.1. The van der Waals surface area contributed by atoms with E-state index in [0.717, 1.165) is 0 Å². The highest BCUT2D eigenvalue weighted by atomic mass is 32.2. The van der Waals surface area contributed by atoms with Crippen molar-refractivity contribution in [3.63, 3.8) is 0 Å². The summed E-state index contributed by atoms with van der Waals surface area (Å²) in [4.78, 5) is 13.7. The number of carbonyl (C=O) groups excluding carboxylic acids is 1. The van der Waals surface area contributed by atoms with Crippen LogP contribution in [0.5, 0.6) is 0 Å². The van der Waals surface area contributed by atoms with E-state index in [1.165, 1.54) is 0 Å². The molecule has 33 heavy (non-hydrogen) atoms. The van der Waals surface area contributed by atoms with Crippen LogP contribution in [0.2, 0.25) is 0 Å². The molecular weight excluding hydrogens is 474 g/mol.